The van der Waals surface area contributed by atoms with Crippen LogP contribution in [0.3, 0.4) is 0 Å². The molecule has 2 N–H and O–H groups in total. The number of aromatic nitrogens is 1. The Hall–Kier alpha value is -2.36. The van der Waals surface area contributed by atoms with E-state index in [0.717, 1.165) is 31.2 Å². The van der Waals surface area contributed by atoms with Gasteiger partial charge < -0.3 is 10.6 Å². The van der Waals surface area contributed by atoms with Gasteiger partial charge in [-0.15, -0.1) is 0 Å². The molecule has 0 bridgehead atoms. The van der Waals surface area contributed by atoms with Crippen molar-refractivity contribution >= 4 is 5.96 Å². The highest BCUT2D eigenvalue weighted by atomic mass is 15.2. The highest BCUT2D eigenvalue weighted by molar-refractivity contribution is 5.79. The second kappa shape index (κ2) is 8.32. The first kappa shape index (κ1) is 17.0. The normalized spacial score (nSPS) is 11.4. The van der Waals surface area contributed by atoms with Gasteiger partial charge in [0.05, 0.1) is 0 Å². The van der Waals surface area contributed by atoms with E-state index in [1.807, 2.05) is 24.4 Å². The van der Waals surface area contributed by atoms with Crippen molar-refractivity contribution in [3.8, 4) is 0 Å². The Kier molecular flexibility index (Phi) is 6.15. The minimum atomic E-state index is 0.779. The summed E-state index contributed by atoms with van der Waals surface area (Å²) in [6.07, 6.45) is 2.70. The zero-order valence-corrected chi connectivity index (χ0v) is 14.5. The molecule has 0 atom stereocenters. The molecule has 4 nitrogen and oxygen atoms in total. The monoisotopic (exact) mass is 310 g/mol. The molecule has 0 saturated carbocycles. The lowest BCUT2D eigenvalue weighted by Gasteiger charge is -2.15. The standard InChI is InChI=1S/C19H26N4/c1-14-11-15(2)18(16(3)12-14)13-23-19(20-4)22-10-8-17-7-5-6-9-21-17/h5-7,9,11-12H,8,10,13H2,1-4H3,(H2,20,22,23). The molecular weight excluding hydrogens is 284 g/mol. The smallest absolute Gasteiger partial charge is 0.191 e. The first-order chi connectivity index (χ1) is 11.1. The summed E-state index contributed by atoms with van der Waals surface area (Å²) in [4.78, 5) is 8.61. The van der Waals surface area contributed by atoms with Crippen LogP contribution in [0.15, 0.2) is 41.5 Å². The predicted molar refractivity (Wildman–Crippen MR) is 96.8 cm³/mol. The molecule has 0 spiro atoms. The highest BCUT2D eigenvalue weighted by Crippen LogP contribution is 2.15. The van der Waals surface area contributed by atoms with Crippen molar-refractivity contribution in [2.75, 3.05) is 13.6 Å². The maximum absolute atomic E-state index is 4.33. The Bertz CT molecular complexity index is 639. The fraction of sp³-hybridized carbons (Fsp3) is 0.368. The number of rotatable bonds is 5. The van der Waals surface area contributed by atoms with Crippen molar-refractivity contribution < 1.29 is 0 Å². The van der Waals surface area contributed by atoms with Gasteiger partial charge in [-0.25, -0.2) is 0 Å². The Morgan fingerprint density at radius 2 is 1.83 bits per heavy atom. The summed E-state index contributed by atoms with van der Waals surface area (Å²) in [5.74, 6) is 0.820. The van der Waals surface area contributed by atoms with Crippen molar-refractivity contribution in [2.45, 2.75) is 33.7 Å². The molecule has 2 rings (SSSR count). The predicted octanol–water partition coefficient (Wildman–Crippen LogP) is 2.91. The number of nitrogens with zero attached hydrogens (tertiary/aromatic N) is 2. The van der Waals surface area contributed by atoms with Gasteiger partial charge in [0, 0.05) is 38.4 Å². The van der Waals surface area contributed by atoms with Gasteiger partial charge in [-0.3, -0.25) is 9.98 Å². The third kappa shape index (κ3) is 5.09. The fourth-order valence-corrected chi connectivity index (χ4v) is 2.74. The number of hydrogen-bond acceptors (Lipinski definition) is 2. The second-order valence-corrected chi connectivity index (χ2v) is 5.80. The van der Waals surface area contributed by atoms with Crippen molar-refractivity contribution in [2.24, 2.45) is 4.99 Å². The van der Waals surface area contributed by atoms with E-state index in [9.17, 15) is 0 Å². The van der Waals surface area contributed by atoms with Gasteiger partial charge >= 0.3 is 0 Å². The van der Waals surface area contributed by atoms with E-state index in [1.54, 1.807) is 7.05 Å². The number of pyridine rings is 1. The van der Waals surface area contributed by atoms with E-state index in [4.69, 9.17) is 0 Å². The lowest BCUT2D eigenvalue weighted by Crippen LogP contribution is -2.38. The Morgan fingerprint density at radius 1 is 1.09 bits per heavy atom. The van der Waals surface area contributed by atoms with Gasteiger partial charge in [-0.2, -0.15) is 0 Å². The van der Waals surface area contributed by atoms with Gasteiger partial charge in [0.1, 0.15) is 0 Å². The lowest BCUT2D eigenvalue weighted by atomic mass is 10.00. The number of aliphatic imine (C=N–C) groups is 1. The molecule has 0 amide bonds. The van der Waals surface area contributed by atoms with Crippen molar-refractivity contribution in [1.82, 2.24) is 15.6 Å². The summed E-state index contributed by atoms with van der Waals surface area (Å²) < 4.78 is 0. The van der Waals surface area contributed by atoms with Crippen LogP contribution in [0.2, 0.25) is 0 Å². The molecule has 23 heavy (non-hydrogen) atoms. The van der Waals surface area contributed by atoms with Gasteiger partial charge in [-0.05, 0) is 49.6 Å². The Labute approximate surface area is 139 Å². The average Bonchev–Trinajstić information content (AvgIpc) is 2.53. The number of nitrogens with one attached hydrogen (secondary N) is 2. The molecule has 0 aliphatic carbocycles. The van der Waals surface area contributed by atoms with Gasteiger partial charge in [0.25, 0.3) is 0 Å². The van der Waals surface area contributed by atoms with Gasteiger partial charge in [-0.1, -0.05) is 23.8 Å². The fourth-order valence-electron chi connectivity index (χ4n) is 2.74. The van der Waals surface area contributed by atoms with E-state index in [1.165, 1.54) is 22.3 Å². The Morgan fingerprint density at radius 3 is 2.43 bits per heavy atom. The minimum Gasteiger partial charge on any atom is -0.356 e. The molecule has 1 heterocycles. The number of aryl methyl sites for hydroxylation is 3. The molecule has 4 heteroatoms. The van der Waals surface area contributed by atoms with Crippen LogP contribution in [0.1, 0.15) is 27.9 Å². The third-order valence-electron chi connectivity index (χ3n) is 3.90. The third-order valence-corrected chi connectivity index (χ3v) is 3.90. The maximum Gasteiger partial charge on any atom is 0.191 e. The zero-order valence-electron chi connectivity index (χ0n) is 14.5. The summed E-state index contributed by atoms with van der Waals surface area (Å²) in [6.45, 7) is 8.04. The maximum atomic E-state index is 4.33. The molecule has 0 saturated heterocycles. The quantitative estimate of drug-likeness (QED) is 0.659. The topological polar surface area (TPSA) is 49.3 Å². The van der Waals surface area contributed by atoms with Crippen LogP contribution in [0, 0.1) is 20.8 Å². The van der Waals surface area contributed by atoms with Gasteiger partial charge in [0.2, 0.25) is 0 Å². The van der Waals surface area contributed by atoms with E-state index in [-0.39, 0.29) is 0 Å². The average molecular weight is 310 g/mol. The minimum absolute atomic E-state index is 0.779. The van der Waals surface area contributed by atoms with Crippen LogP contribution in [-0.2, 0) is 13.0 Å². The van der Waals surface area contributed by atoms with Crippen LogP contribution in [0.25, 0.3) is 0 Å². The molecule has 1 aromatic heterocycles. The van der Waals surface area contributed by atoms with Crippen LogP contribution >= 0.6 is 0 Å². The summed E-state index contributed by atoms with van der Waals surface area (Å²) >= 11 is 0. The van der Waals surface area contributed by atoms with E-state index >= 15 is 0 Å². The van der Waals surface area contributed by atoms with Crippen molar-refractivity contribution in [3.05, 3.63) is 64.5 Å². The molecule has 1 aromatic carbocycles. The molecule has 0 radical (unpaired) electrons. The zero-order chi connectivity index (χ0) is 16.7. The SMILES string of the molecule is CN=C(NCCc1ccccn1)NCc1c(C)cc(C)cc1C. The summed E-state index contributed by atoms with van der Waals surface area (Å²) in [5.41, 5.74) is 6.36. The largest absolute Gasteiger partial charge is 0.356 e. The second-order valence-electron chi connectivity index (χ2n) is 5.80. The van der Waals surface area contributed by atoms with E-state index in [0.29, 0.717) is 0 Å². The first-order valence-electron chi connectivity index (χ1n) is 8.01. The van der Waals surface area contributed by atoms with Crippen LogP contribution < -0.4 is 10.6 Å². The summed E-state index contributed by atoms with van der Waals surface area (Å²) in [7, 11) is 1.80. The van der Waals surface area contributed by atoms with Crippen molar-refractivity contribution in [1.29, 1.82) is 0 Å². The van der Waals surface area contributed by atoms with Crippen molar-refractivity contribution in [3.63, 3.8) is 0 Å². The van der Waals surface area contributed by atoms with E-state index < -0.39 is 0 Å². The molecule has 0 aliphatic rings. The number of guanidine groups is 1. The lowest BCUT2D eigenvalue weighted by molar-refractivity contribution is 0.780. The Balaban J connectivity index is 1.86. The number of benzene rings is 1. The van der Waals surface area contributed by atoms with Crippen LogP contribution in [-0.4, -0.2) is 24.5 Å². The molecule has 0 aliphatic heterocycles. The summed E-state index contributed by atoms with van der Waals surface area (Å²) in [5, 5.41) is 6.73. The summed E-state index contributed by atoms with van der Waals surface area (Å²) in [6, 6.07) is 10.4. The molecule has 0 fully saturated rings. The molecular formula is C19H26N4. The molecule has 0 unspecified atom stereocenters. The first-order valence-corrected chi connectivity index (χ1v) is 8.01. The highest BCUT2D eigenvalue weighted by Gasteiger charge is 2.05. The van der Waals surface area contributed by atoms with Crippen LogP contribution in [0.4, 0.5) is 0 Å². The number of hydrogen-bond donors (Lipinski definition) is 2. The molecule has 2 aromatic rings. The van der Waals surface area contributed by atoms with Gasteiger partial charge in [0.15, 0.2) is 5.96 Å². The van der Waals surface area contributed by atoms with E-state index in [2.05, 4.69) is 53.5 Å². The molecule has 122 valence electrons. The van der Waals surface area contributed by atoms with Crippen LogP contribution in [0.5, 0.6) is 0 Å².